The van der Waals surface area contributed by atoms with E-state index in [1.165, 1.54) is 18.9 Å². The first-order valence-electron chi connectivity index (χ1n) is 10.6. The molecule has 0 spiro atoms. The zero-order valence-corrected chi connectivity index (χ0v) is 19.5. The smallest absolute Gasteiger partial charge is 0.257 e. The Bertz CT molecular complexity index is 1310. The van der Waals surface area contributed by atoms with Crippen LogP contribution in [0.5, 0.6) is 11.5 Å². The number of nitrogens with two attached hydrogens (primary N) is 1. The Balaban J connectivity index is 1.64. The standard InChI is InChI=1S/C24H24N4O5S/c1-13-5-3-4-6-15(13)12-34-24-27-22-21(23(31)28-24)16(10-20(30)26-22)14-7-8-17(18(9-14)32-2)33-11-19(25)29/h3-9,16H,10-12H2,1-2H3,(H2,25,29)(H2,26,27,28,30,31). The van der Waals surface area contributed by atoms with Crippen LogP contribution in [0.1, 0.15) is 34.6 Å². The van der Waals surface area contributed by atoms with Gasteiger partial charge in [0.2, 0.25) is 5.91 Å². The van der Waals surface area contributed by atoms with Crippen molar-refractivity contribution in [3.63, 3.8) is 0 Å². The van der Waals surface area contributed by atoms with Crippen LogP contribution in [0.4, 0.5) is 5.82 Å². The lowest BCUT2D eigenvalue weighted by Gasteiger charge is -2.25. The zero-order chi connectivity index (χ0) is 24.2. The van der Waals surface area contributed by atoms with Crippen molar-refractivity contribution in [1.29, 1.82) is 0 Å². The first-order valence-corrected chi connectivity index (χ1v) is 11.5. The van der Waals surface area contributed by atoms with Crippen molar-refractivity contribution in [3.05, 3.63) is 75.1 Å². The molecule has 3 aromatic rings. The molecular formula is C24H24N4O5S. The van der Waals surface area contributed by atoms with Crippen molar-refractivity contribution in [2.75, 3.05) is 19.0 Å². The molecule has 176 valence electrons. The minimum Gasteiger partial charge on any atom is -0.493 e. The number of anilines is 1. The number of H-pyrrole nitrogens is 1. The van der Waals surface area contributed by atoms with Gasteiger partial charge in [-0.2, -0.15) is 0 Å². The molecule has 4 rings (SSSR count). The van der Waals surface area contributed by atoms with Gasteiger partial charge in [-0.15, -0.1) is 0 Å². The second-order valence-electron chi connectivity index (χ2n) is 7.82. The number of ether oxygens (including phenoxy) is 2. The number of amides is 2. The number of hydrogen-bond acceptors (Lipinski definition) is 7. The number of nitrogens with one attached hydrogen (secondary N) is 2. The summed E-state index contributed by atoms with van der Waals surface area (Å²) < 4.78 is 10.7. The van der Waals surface area contributed by atoms with Crippen molar-refractivity contribution >= 4 is 29.4 Å². The summed E-state index contributed by atoms with van der Waals surface area (Å²) in [6, 6.07) is 13.0. The van der Waals surface area contributed by atoms with Crippen LogP contribution in [0, 0.1) is 6.92 Å². The van der Waals surface area contributed by atoms with Gasteiger partial charge in [-0.3, -0.25) is 14.4 Å². The summed E-state index contributed by atoms with van der Waals surface area (Å²) in [4.78, 5) is 44.0. The molecule has 4 N–H and O–H groups in total. The number of methoxy groups -OCH3 is 1. The Kier molecular flexibility index (Phi) is 6.87. The summed E-state index contributed by atoms with van der Waals surface area (Å²) in [7, 11) is 1.46. The molecule has 1 aliphatic rings. The number of fused-ring (bicyclic) bond motifs is 1. The number of carbonyl (C=O) groups is 2. The first kappa shape index (κ1) is 23.4. The van der Waals surface area contributed by atoms with E-state index in [1.54, 1.807) is 18.2 Å². The highest BCUT2D eigenvalue weighted by Gasteiger charge is 2.31. The van der Waals surface area contributed by atoms with Crippen LogP contribution < -0.4 is 26.1 Å². The number of rotatable bonds is 8. The number of aryl methyl sites for hydroxylation is 1. The maximum absolute atomic E-state index is 13.1. The average Bonchev–Trinajstić information content (AvgIpc) is 2.81. The molecule has 2 heterocycles. The molecule has 0 saturated heterocycles. The van der Waals surface area contributed by atoms with E-state index in [-0.39, 0.29) is 30.3 Å². The number of benzene rings is 2. The minimum atomic E-state index is -0.613. The van der Waals surface area contributed by atoms with E-state index < -0.39 is 11.8 Å². The topological polar surface area (TPSA) is 136 Å². The lowest BCUT2D eigenvalue weighted by atomic mass is 9.86. The van der Waals surface area contributed by atoms with Gasteiger partial charge in [0.25, 0.3) is 11.5 Å². The molecular weight excluding hydrogens is 456 g/mol. The number of aromatic nitrogens is 2. The SMILES string of the molecule is COc1cc(C2CC(=O)Nc3nc(SCc4ccccc4C)[nH]c(=O)c32)ccc1OCC(N)=O. The average molecular weight is 481 g/mol. The minimum absolute atomic E-state index is 0.0815. The summed E-state index contributed by atoms with van der Waals surface area (Å²) in [6.45, 7) is 1.74. The van der Waals surface area contributed by atoms with Gasteiger partial charge in [-0.25, -0.2) is 4.98 Å². The van der Waals surface area contributed by atoms with Crippen molar-refractivity contribution in [1.82, 2.24) is 9.97 Å². The Hall–Kier alpha value is -3.79. The third-order valence-corrected chi connectivity index (χ3v) is 6.44. The molecule has 0 aliphatic carbocycles. The van der Waals surface area contributed by atoms with Gasteiger partial charge in [0, 0.05) is 18.1 Å². The number of nitrogens with zero attached hydrogens (tertiary/aromatic N) is 1. The van der Waals surface area contributed by atoms with Crippen LogP contribution in [-0.2, 0) is 15.3 Å². The quantitative estimate of drug-likeness (QED) is 0.333. The molecule has 1 atom stereocenters. The van der Waals surface area contributed by atoms with E-state index >= 15 is 0 Å². The van der Waals surface area contributed by atoms with Crippen LogP contribution >= 0.6 is 11.8 Å². The van der Waals surface area contributed by atoms with Crippen LogP contribution in [-0.4, -0.2) is 35.5 Å². The van der Waals surface area contributed by atoms with Crippen molar-refractivity contribution in [3.8, 4) is 11.5 Å². The van der Waals surface area contributed by atoms with Crippen molar-refractivity contribution in [2.45, 2.75) is 30.2 Å². The second kappa shape index (κ2) is 10.0. The van der Waals surface area contributed by atoms with Gasteiger partial charge in [0.05, 0.1) is 12.7 Å². The molecule has 9 nitrogen and oxygen atoms in total. The summed E-state index contributed by atoms with van der Waals surface area (Å²) in [5, 5.41) is 3.16. The van der Waals surface area contributed by atoms with Crippen molar-refractivity contribution in [2.24, 2.45) is 5.73 Å². The number of hydrogen-bond donors (Lipinski definition) is 3. The van der Waals surface area contributed by atoms with E-state index in [4.69, 9.17) is 15.2 Å². The molecule has 0 bridgehead atoms. The van der Waals surface area contributed by atoms with E-state index in [2.05, 4.69) is 15.3 Å². The normalized spacial score (nSPS) is 14.8. The largest absolute Gasteiger partial charge is 0.493 e. The van der Waals surface area contributed by atoms with Crippen LogP contribution in [0.3, 0.4) is 0 Å². The van der Waals surface area contributed by atoms with Gasteiger partial charge >= 0.3 is 0 Å². The molecule has 2 aromatic carbocycles. The molecule has 0 saturated carbocycles. The molecule has 34 heavy (non-hydrogen) atoms. The van der Waals surface area contributed by atoms with Crippen molar-refractivity contribution < 1.29 is 19.1 Å². The van der Waals surface area contributed by atoms with Gasteiger partial charge < -0.3 is 25.5 Å². The Morgan fingerprint density at radius 3 is 2.74 bits per heavy atom. The maximum atomic E-state index is 13.1. The highest BCUT2D eigenvalue weighted by atomic mass is 32.2. The molecule has 0 radical (unpaired) electrons. The molecule has 1 aromatic heterocycles. The van der Waals surface area contributed by atoms with Crippen LogP contribution in [0.25, 0.3) is 0 Å². The fourth-order valence-electron chi connectivity index (χ4n) is 3.79. The van der Waals surface area contributed by atoms with Crippen LogP contribution in [0.15, 0.2) is 52.4 Å². The van der Waals surface area contributed by atoms with E-state index in [0.717, 1.165) is 11.1 Å². The molecule has 10 heteroatoms. The zero-order valence-electron chi connectivity index (χ0n) is 18.7. The number of thioether (sulfide) groups is 1. The second-order valence-corrected chi connectivity index (χ2v) is 8.78. The van der Waals surface area contributed by atoms with E-state index in [0.29, 0.717) is 33.5 Å². The monoisotopic (exact) mass is 480 g/mol. The van der Waals surface area contributed by atoms with E-state index in [1.807, 2.05) is 31.2 Å². The number of primary amides is 1. The van der Waals surface area contributed by atoms with Gasteiger partial charge in [0.1, 0.15) is 5.82 Å². The summed E-state index contributed by atoms with van der Waals surface area (Å²) in [5.41, 5.74) is 8.19. The highest BCUT2D eigenvalue weighted by molar-refractivity contribution is 7.98. The first-order chi connectivity index (χ1) is 16.4. The number of carbonyl (C=O) groups excluding carboxylic acids is 2. The predicted molar refractivity (Wildman–Crippen MR) is 128 cm³/mol. The summed E-state index contributed by atoms with van der Waals surface area (Å²) >= 11 is 1.40. The molecule has 1 aliphatic heterocycles. The van der Waals surface area contributed by atoms with E-state index in [9.17, 15) is 14.4 Å². The molecule has 2 amide bonds. The van der Waals surface area contributed by atoms with Gasteiger partial charge in [-0.05, 0) is 35.7 Å². The Morgan fingerprint density at radius 2 is 2.00 bits per heavy atom. The maximum Gasteiger partial charge on any atom is 0.257 e. The summed E-state index contributed by atoms with van der Waals surface area (Å²) in [6.07, 6.45) is 0.0815. The Labute approximate surface area is 200 Å². The third kappa shape index (κ3) is 5.07. The van der Waals surface area contributed by atoms with Gasteiger partial charge in [-0.1, -0.05) is 42.1 Å². The number of aromatic amines is 1. The highest BCUT2D eigenvalue weighted by Crippen LogP contribution is 2.38. The van der Waals surface area contributed by atoms with Gasteiger partial charge in [0.15, 0.2) is 23.3 Å². The third-order valence-electron chi connectivity index (χ3n) is 5.51. The summed E-state index contributed by atoms with van der Waals surface area (Å²) in [5.74, 6) is 0.216. The van der Waals surface area contributed by atoms with Crippen LogP contribution in [0.2, 0.25) is 0 Å². The Morgan fingerprint density at radius 1 is 1.21 bits per heavy atom. The molecule has 1 unspecified atom stereocenters. The lowest BCUT2D eigenvalue weighted by Crippen LogP contribution is -2.31. The fourth-order valence-corrected chi connectivity index (χ4v) is 4.73. The molecule has 0 fully saturated rings. The predicted octanol–water partition coefficient (Wildman–Crippen LogP) is 2.72. The lowest BCUT2D eigenvalue weighted by molar-refractivity contribution is -0.120. The fraction of sp³-hybridized carbons (Fsp3) is 0.250.